The Balaban J connectivity index is 1.98. The largest absolute Gasteiger partial charge is 0.496 e. The maximum atomic E-state index is 5.33. The van der Waals surface area contributed by atoms with Gasteiger partial charge in [0.2, 0.25) is 0 Å². The molecule has 0 spiro atoms. The van der Waals surface area contributed by atoms with Gasteiger partial charge in [-0.2, -0.15) is 0 Å². The van der Waals surface area contributed by atoms with E-state index in [2.05, 4.69) is 36.4 Å². The average Bonchev–Trinajstić information content (AvgIpc) is 2.79. The second kappa shape index (κ2) is 5.14. The molecule has 0 aliphatic heterocycles. The van der Waals surface area contributed by atoms with Crippen LogP contribution in [0.25, 0.3) is 0 Å². The fraction of sp³-hybridized carbons (Fsp3) is 0.231. The van der Waals surface area contributed by atoms with Gasteiger partial charge in [-0.05, 0) is 17.8 Å². The van der Waals surface area contributed by atoms with Gasteiger partial charge in [-0.3, -0.25) is 0 Å². The van der Waals surface area contributed by atoms with Crippen molar-refractivity contribution in [2.24, 2.45) is 0 Å². The van der Waals surface area contributed by atoms with Crippen LogP contribution in [0.4, 0.5) is 0 Å². The highest BCUT2D eigenvalue weighted by molar-refractivity contribution is 7.38. The third-order valence-corrected chi connectivity index (χ3v) is 3.91. The Hall–Kier alpha value is -1.07. The lowest BCUT2D eigenvalue weighted by Crippen LogP contribution is -1.92. The lowest BCUT2D eigenvalue weighted by Gasteiger charge is -2.09. The molecule has 2 rings (SSSR count). The van der Waals surface area contributed by atoms with E-state index < -0.39 is 0 Å². The molecule has 0 aromatic heterocycles. The zero-order valence-electron chi connectivity index (χ0n) is 8.81. The maximum Gasteiger partial charge on any atom is 0.122 e. The molecule has 0 saturated carbocycles. The van der Waals surface area contributed by atoms with Crippen molar-refractivity contribution in [1.29, 1.82) is 0 Å². The fourth-order valence-electron chi connectivity index (χ4n) is 1.64. The monoisotopic (exact) mass is 218 g/mol. The number of hydrogen-bond donors (Lipinski definition) is 0. The van der Waals surface area contributed by atoms with Crippen molar-refractivity contribution in [2.75, 3.05) is 7.11 Å². The summed E-state index contributed by atoms with van der Waals surface area (Å²) < 4.78 is 5.33. The molecule has 0 N–H and O–H groups in total. The first kappa shape index (κ1) is 10.4. The molecule has 1 aromatic rings. The first-order valence-electron chi connectivity index (χ1n) is 5.10. The summed E-state index contributed by atoms with van der Waals surface area (Å²) >= 11 is 0. The van der Waals surface area contributed by atoms with Crippen molar-refractivity contribution in [3.8, 4) is 5.75 Å². The van der Waals surface area contributed by atoms with E-state index in [1.807, 2.05) is 12.1 Å². The van der Waals surface area contributed by atoms with E-state index in [-0.39, 0.29) is 0 Å². The molecular weight excluding hydrogens is 203 g/mol. The number of ether oxygens (including phenoxy) is 1. The molecule has 1 aromatic carbocycles. The predicted molar refractivity (Wildman–Crippen MR) is 67.1 cm³/mol. The van der Waals surface area contributed by atoms with E-state index in [0.29, 0.717) is 5.66 Å². The van der Waals surface area contributed by atoms with Crippen molar-refractivity contribution in [1.82, 2.24) is 0 Å². The number of benzene rings is 1. The van der Waals surface area contributed by atoms with Gasteiger partial charge in [0.25, 0.3) is 0 Å². The summed E-state index contributed by atoms with van der Waals surface area (Å²) in [6.45, 7) is 0. The molecule has 1 atom stereocenters. The van der Waals surface area contributed by atoms with Crippen LogP contribution in [0.1, 0.15) is 5.56 Å². The Morgan fingerprint density at radius 1 is 1.20 bits per heavy atom. The molecule has 2 heteroatoms. The molecule has 78 valence electrons. The molecule has 1 aliphatic rings. The highest BCUT2D eigenvalue weighted by Gasteiger charge is 2.06. The molecule has 0 fully saturated rings. The number of hydrogen-bond acceptors (Lipinski definition) is 1. The lowest BCUT2D eigenvalue weighted by atomic mass is 10.2. The first-order chi connectivity index (χ1) is 7.40. The normalized spacial score (nSPS) is 15.5. The van der Waals surface area contributed by atoms with Gasteiger partial charge in [0.15, 0.2) is 0 Å². The average molecular weight is 218 g/mol. The Bertz CT molecular complexity index is 370. The van der Waals surface area contributed by atoms with Crippen LogP contribution >= 0.6 is 8.58 Å². The van der Waals surface area contributed by atoms with Gasteiger partial charge >= 0.3 is 0 Å². The van der Waals surface area contributed by atoms with Gasteiger partial charge < -0.3 is 4.74 Å². The Kier molecular flexibility index (Phi) is 3.58. The van der Waals surface area contributed by atoms with E-state index in [1.165, 1.54) is 5.56 Å². The van der Waals surface area contributed by atoms with Crippen LogP contribution in [-0.4, -0.2) is 12.8 Å². The second-order valence-corrected chi connectivity index (χ2v) is 4.92. The summed E-state index contributed by atoms with van der Waals surface area (Å²) in [5.74, 6) is 1.01. The summed E-state index contributed by atoms with van der Waals surface area (Å²) in [4.78, 5) is 0. The SMILES string of the molecule is COc1ccccc1CPC1C=CC=C1. The third-order valence-electron chi connectivity index (χ3n) is 2.47. The summed E-state index contributed by atoms with van der Waals surface area (Å²) in [6, 6.07) is 8.26. The molecule has 0 amide bonds. The van der Waals surface area contributed by atoms with E-state index >= 15 is 0 Å². The first-order valence-corrected chi connectivity index (χ1v) is 6.39. The minimum atomic E-state index is 0.634. The summed E-state index contributed by atoms with van der Waals surface area (Å²) in [5.41, 5.74) is 1.95. The quantitative estimate of drug-likeness (QED) is 0.704. The van der Waals surface area contributed by atoms with Gasteiger partial charge in [0, 0.05) is 5.66 Å². The van der Waals surface area contributed by atoms with Gasteiger partial charge in [-0.1, -0.05) is 42.5 Å². The van der Waals surface area contributed by atoms with Crippen molar-refractivity contribution in [3.63, 3.8) is 0 Å². The molecule has 0 bridgehead atoms. The molecule has 1 nitrogen and oxygen atoms in total. The fourth-order valence-corrected chi connectivity index (χ4v) is 2.89. The van der Waals surface area contributed by atoms with E-state index in [9.17, 15) is 0 Å². The maximum absolute atomic E-state index is 5.33. The minimum Gasteiger partial charge on any atom is -0.496 e. The Morgan fingerprint density at radius 2 is 1.93 bits per heavy atom. The number of rotatable bonds is 4. The zero-order chi connectivity index (χ0) is 10.5. The standard InChI is InChI=1S/C13H15OP/c1-14-13-9-5-2-6-11(13)10-15-12-7-3-4-8-12/h2-9,12,15H,10H2,1H3. The molecule has 1 unspecified atom stereocenters. The van der Waals surface area contributed by atoms with Crippen LogP contribution in [0, 0.1) is 0 Å². The molecule has 15 heavy (non-hydrogen) atoms. The van der Waals surface area contributed by atoms with E-state index in [4.69, 9.17) is 4.74 Å². The molecule has 1 aliphatic carbocycles. The van der Waals surface area contributed by atoms with Crippen LogP contribution in [0.2, 0.25) is 0 Å². The Morgan fingerprint density at radius 3 is 2.67 bits per heavy atom. The van der Waals surface area contributed by atoms with Gasteiger partial charge in [0.05, 0.1) is 7.11 Å². The molecule has 0 radical (unpaired) electrons. The highest BCUT2D eigenvalue weighted by atomic mass is 31.1. The Labute approximate surface area is 92.6 Å². The van der Waals surface area contributed by atoms with E-state index in [1.54, 1.807) is 7.11 Å². The van der Waals surface area contributed by atoms with Crippen molar-refractivity contribution < 1.29 is 4.74 Å². The van der Waals surface area contributed by atoms with Gasteiger partial charge in [0.1, 0.15) is 5.75 Å². The molecule has 0 saturated heterocycles. The molecule has 0 heterocycles. The van der Waals surface area contributed by atoms with Crippen LogP contribution in [-0.2, 0) is 6.16 Å². The van der Waals surface area contributed by atoms with Crippen LogP contribution in [0.15, 0.2) is 48.6 Å². The second-order valence-electron chi connectivity index (χ2n) is 3.49. The molecular formula is C13H15OP. The number of methoxy groups -OCH3 is 1. The van der Waals surface area contributed by atoms with Crippen molar-refractivity contribution in [3.05, 3.63) is 54.1 Å². The van der Waals surface area contributed by atoms with Crippen LogP contribution < -0.4 is 4.74 Å². The van der Waals surface area contributed by atoms with Gasteiger partial charge in [-0.25, -0.2) is 0 Å². The third kappa shape index (κ3) is 2.70. The summed E-state index contributed by atoms with van der Waals surface area (Å²) in [6.07, 6.45) is 9.87. The summed E-state index contributed by atoms with van der Waals surface area (Å²) in [5, 5.41) is 0. The summed E-state index contributed by atoms with van der Waals surface area (Å²) in [7, 11) is 2.64. The van der Waals surface area contributed by atoms with Crippen molar-refractivity contribution >= 4 is 8.58 Å². The lowest BCUT2D eigenvalue weighted by molar-refractivity contribution is 0.411. The van der Waals surface area contributed by atoms with Crippen LogP contribution in [0.3, 0.4) is 0 Å². The smallest absolute Gasteiger partial charge is 0.122 e. The van der Waals surface area contributed by atoms with Crippen LogP contribution in [0.5, 0.6) is 5.75 Å². The van der Waals surface area contributed by atoms with E-state index in [0.717, 1.165) is 20.5 Å². The highest BCUT2D eigenvalue weighted by Crippen LogP contribution is 2.32. The zero-order valence-corrected chi connectivity index (χ0v) is 9.81. The minimum absolute atomic E-state index is 0.634. The number of para-hydroxylation sites is 1. The predicted octanol–water partition coefficient (Wildman–Crippen LogP) is 3.37. The van der Waals surface area contributed by atoms with Crippen molar-refractivity contribution in [2.45, 2.75) is 11.8 Å². The number of allylic oxidation sites excluding steroid dienone is 4. The topological polar surface area (TPSA) is 9.23 Å². The van der Waals surface area contributed by atoms with Gasteiger partial charge in [-0.15, -0.1) is 8.58 Å².